The van der Waals surface area contributed by atoms with Gasteiger partial charge in [0, 0.05) is 0 Å². The quantitative estimate of drug-likeness (QED) is 0.540. The third-order valence-electron chi connectivity index (χ3n) is 7.82. The molecule has 1 saturated carbocycles. The molecule has 1 aliphatic carbocycles. The molecule has 2 heterocycles. The maximum Gasteiger partial charge on any atom is 0.457 e. The summed E-state index contributed by atoms with van der Waals surface area (Å²) in [7, 11) is -0.155. The van der Waals surface area contributed by atoms with Crippen LogP contribution in [0, 0.1) is 23.7 Å². The van der Waals surface area contributed by atoms with Crippen molar-refractivity contribution >= 4 is 13.1 Å². The Balaban J connectivity index is 1.32. The number of ether oxygens (including phenoxy) is 1. The van der Waals surface area contributed by atoms with Gasteiger partial charge in [0.2, 0.25) is 0 Å². The van der Waals surface area contributed by atoms with Crippen molar-refractivity contribution in [2.75, 3.05) is 13.1 Å². The number of hydrogen-bond donors (Lipinski definition) is 1. The number of carbonyl (C=O) groups is 1. The first kappa shape index (κ1) is 21.9. The van der Waals surface area contributed by atoms with E-state index in [1.54, 1.807) is 0 Å². The van der Waals surface area contributed by atoms with Gasteiger partial charge in [-0.05, 0) is 83.3 Å². The van der Waals surface area contributed by atoms with E-state index in [9.17, 15) is 4.79 Å². The Morgan fingerprint density at radius 2 is 1.83 bits per heavy atom. The van der Waals surface area contributed by atoms with Crippen LogP contribution in [0.5, 0.6) is 0 Å². The molecule has 2 aliphatic heterocycles. The highest BCUT2D eigenvalue weighted by Crippen LogP contribution is 2.47. The number of fused-ring (bicyclic) bond motifs is 1. The van der Waals surface area contributed by atoms with Crippen molar-refractivity contribution in [3.8, 4) is 0 Å². The molecular formula is C24H36BNO4. The third-order valence-corrected chi connectivity index (χ3v) is 7.82. The van der Waals surface area contributed by atoms with Gasteiger partial charge in [0.1, 0.15) is 6.61 Å². The van der Waals surface area contributed by atoms with E-state index in [0.29, 0.717) is 24.4 Å². The van der Waals surface area contributed by atoms with Crippen molar-refractivity contribution in [1.29, 1.82) is 0 Å². The number of hydrogen-bond acceptors (Lipinski definition) is 5. The van der Waals surface area contributed by atoms with Crippen molar-refractivity contribution in [2.24, 2.45) is 23.7 Å². The van der Waals surface area contributed by atoms with Gasteiger partial charge in [-0.15, -0.1) is 0 Å². The van der Waals surface area contributed by atoms with Gasteiger partial charge >= 0.3 is 13.1 Å². The van der Waals surface area contributed by atoms with Crippen LogP contribution < -0.4 is 5.32 Å². The SMILES string of the molecule is CC1(C)OB(CCC[C@@H]2C(C(=O)OCc3ccccc3)CC3CNCC32)OC1(C)C. The molecule has 0 bridgehead atoms. The van der Waals surface area contributed by atoms with Crippen molar-refractivity contribution in [2.45, 2.75) is 71.1 Å². The van der Waals surface area contributed by atoms with E-state index in [1.165, 1.54) is 0 Å². The molecule has 5 nitrogen and oxygen atoms in total. The van der Waals surface area contributed by atoms with E-state index < -0.39 is 0 Å². The summed E-state index contributed by atoms with van der Waals surface area (Å²) in [5.74, 6) is 1.56. The van der Waals surface area contributed by atoms with Crippen LogP contribution in [0.3, 0.4) is 0 Å². The molecule has 164 valence electrons. The highest BCUT2D eigenvalue weighted by atomic mass is 16.7. The monoisotopic (exact) mass is 413 g/mol. The second-order valence-electron chi connectivity index (χ2n) is 10.3. The molecule has 1 N–H and O–H groups in total. The summed E-state index contributed by atoms with van der Waals surface area (Å²) in [5.41, 5.74) is 0.480. The Hall–Kier alpha value is -1.37. The van der Waals surface area contributed by atoms with E-state index in [-0.39, 0.29) is 30.2 Å². The third kappa shape index (κ3) is 4.46. The summed E-state index contributed by atoms with van der Waals surface area (Å²) in [6.07, 6.45) is 3.86. The predicted octanol–water partition coefficient (Wildman–Crippen LogP) is 4.07. The zero-order valence-corrected chi connectivity index (χ0v) is 18.9. The van der Waals surface area contributed by atoms with Crippen molar-refractivity contribution < 1.29 is 18.8 Å². The Bertz CT molecular complexity index is 722. The van der Waals surface area contributed by atoms with Gasteiger partial charge in [0.15, 0.2) is 0 Å². The fraction of sp³-hybridized carbons (Fsp3) is 0.708. The lowest BCUT2D eigenvalue weighted by Crippen LogP contribution is -2.41. The summed E-state index contributed by atoms with van der Waals surface area (Å²) < 4.78 is 18.0. The topological polar surface area (TPSA) is 56.8 Å². The molecular weight excluding hydrogens is 377 g/mol. The average Bonchev–Trinajstić information content (AvgIpc) is 3.33. The summed E-state index contributed by atoms with van der Waals surface area (Å²) in [5, 5.41) is 3.52. The number of nitrogens with one attached hydrogen (secondary N) is 1. The van der Waals surface area contributed by atoms with E-state index in [4.69, 9.17) is 14.0 Å². The van der Waals surface area contributed by atoms with Gasteiger partial charge in [-0.25, -0.2) is 0 Å². The summed E-state index contributed by atoms with van der Waals surface area (Å²) >= 11 is 0. The molecule has 4 atom stereocenters. The zero-order valence-electron chi connectivity index (χ0n) is 18.9. The lowest BCUT2D eigenvalue weighted by atomic mass is 9.77. The molecule has 30 heavy (non-hydrogen) atoms. The largest absolute Gasteiger partial charge is 0.461 e. The number of rotatable bonds is 7. The molecule has 0 amide bonds. The molecule has 0 aromatic heterocycles. The van der Waals surface area contributed by atoms with Crippen LogP contribution in [0.15, 0.2) is 30.3 Å². The number of benzene rings is 1. The lowest BCUT2D eigenvalue weighted by Gasteiger charge is -2.32. The normalized spacial score (nSPS) is 31.7. The summed E-state index contributed by atoms with van der Waals surface area (Å²) in [6.45, 7) is 10.8. The first-order chi connectivity index (χ1) is 14.3. The summed E-state index contributed by atoms with van der Waals surface area (Å²) in [6, 6.07) is 9.94. The van der Waals surface area contributed by atoms with Crippen molar-refractivity contribution in [3.63, 3.8) is 0 Å². The van der Waals surface area contributed by atoms with Crippen LogP contribution in [0.25, 0.3) is 0 Å². The van der Waals surface area contributed by atoms with Gasteiger partial charge in [-0.3, -0.25) is 4.79 Å². The Morgan fingerprint density at radius 1 is 1.13 bits per heavy atom. The van der Waals surface area contributed by atoms with E-state index in [2.05, 4.69) is 33.0 Å². The average molecular weight is 413 g/mol. The maximum absolute atomic E-state index is 13.0. The molecule has 0 radical (unpaired) electrons. The van der Waals surface area contributed by atoms with Crippen LogP contribution in [0.4, 0.5) is 0 Å². The molecule has 1 aromatic rings. The van der Waals surface area contributed by atoms with E-state index in [0.717, 1.165) is 44.2 Å². The predicted molar refractivity (Wildman–Crippen MR) is 118 cm³/mol. The van der Waals surface area contributed by atoms with Crippen LogP contribution in [0.1, 0.15) is 52.5 Å². The number of carbonyl (C=O) groups excluding carboxylic acids is 1. The van der Waals surface area contributed by atoms with Crippen LogP contribution in [-0.2, 0) is 25.4 Å². The fourth-order valence-electron chi connectivity index (χ4n) is 5.44. The number of esters is 1. The first-order valence-electron chi connectivity index (χ1n) is 11.5. The molecule has 0 spiro atoms. The first-order valence-corrected chi connectivity index (χ1v) is 11.5. The standard InChI is InChI=1S/C24H36BNO4/c1-23(2)24(3,4)30-25(29-23)12-8-11-19-20(13-18-14-26-15-21(18)19)22(27)28-16-17-9-6-5-7-10-17/h5-7,9-10,18-21,26H,8,11-16H2,1-4H3/t18?,19-,20?,21?/m1/s1. The minimum Gasteiger partial charge on any atom is -0.461 e. The zero-order chi connectivity index (χ0) is 21.4. The van der Waals surface area contributed by atoms with Gasteiger partial charge in [0.25, 0.3) is 0 Å². The van der Waals surface area contributed by atoms with E-state index in [1.807, 2.05) is 30.3 Å². The van der Waals surface area contributed by atoms with Gasteiger partial charge in [-0.2, -0.15) is 0 Å². The minimum absolute atomic E-state index is 0.0177. The lowest BCUT2D eigenvalue weighted by molar-refractivity contribution is -0.151. The molecule has 3 aliphatic rings. The second-order valence-corrected chi connectivity index (χ2v) is 10.3. The molecule has 3 fully saturated rings. The molecule has 3 unspecified atom stereocenters. The van der Waals surface area contributed by atoms with Crippen LogP contribution >= 0.6 is 0 Å². The minimum atomic E-state index is -0.282. The Kier molecular flexibility index (Phi) is 6.29. The van der Waals surface area contributed by atoms with Gasteiger partial charge < -0.3 is 19.4 Å². The highest BCUT2D eigenvalue weighted by Gasteiger charge is 2.51. The van der Waals surface area contributed by atoms with Gasteiger partial charge in [-0.1, -0.05) is 36.8 Å². The molecule has 2 saturated heterocycles. The molecule has 6 heteroatoms. The van der Waals surface area contributed by atoms with Crippen LogP contribution in [0.2, 0.25) is 6.32 Å². The van der Waals surface area contributed by atoms with Crippen molar-refractivity contribution in [1.82, 2.24) is 5.32 Å². The fourth-order valence-corrected chi connectivity index (χ4v) is 5.44. The van der Waals surface area contributed by atoms with Crippen molar-refractivity contribution in [3.05, 3.63) is 35.9 Å². The smallest absolute Gasteiger partial charge is 0.457 e. The Morgan fingerprint density at radius 3 is 2.53 bits per heavy atom. The second kappa shape index (κ2) is 8.64. The molecule has 1 aromatic carbocycles. The van der Waals surface area contributed by atoms with Crippen LogP contribution in [-0.4, -0.2) is 37.4 Å². The Labute approximate surface area is 181 Å². The van der Waals surface area contributed by atoms with E-state index >= 15 is 0 Å². The highest BCUT2D eigenvalue weighted by molar-refractivity contribution is 6.45. The molecule has 4 rings (SSSR count). The maximum atomic E-state index is 13.0. The van der Waals surface area contributed by atoms with Gasteiger partial charge in [0.05, 0.1) is 17.1 Å². The summed E-state index contributed by atoms with van der Waals surface area (Å²) in [4.78, 5) is 13.0.